The predicted molar refractivity (Wildman–Crippen MR) is 123 cm³/mol. The SMILES string of the molecule is C#CC1SC(=O)CC1C#CC#CC1SC(=O)OC1C#CC#CC1SC(=O)SC1C#C. The van der Waals surface area contributed by atoms with Crippen LogP contribution >= 0.6 is 47.0 Å². The smallest absolute Gasteiger partial charge is 0.370 e. The average Bonchev–Trinajstić information content (AvgIpc) is 3.38. The van der Waals surface area contributed by atoms with Crippen molar-refractivity contribution >= 4 is 61.9 Å². The van der Waals surface area contributed by atoms with Crippen molar-refractivity contribution in [2.75, 3.05) is 0 Å². The first kappa shape index (κ1) is 22.3. The largest absolute Gasteiger partial charge is 0.439 e. The lowest BCUT2D eigenvalue weighted by molar-refractivity contribution is -0.110. The van der Waals surface area contributed by atoms with Gasteiger partial charge in [-0.3, -0.25) is 9.59 Å². The van der Waals surface area contributed by atoms with Crippen LogP contribution in [0.25, 0.3) is 0 Å². The van der Waals surface area contributed by atoms with Crippen LogP contribution in [-0.2, 0) is 9.53 Å². The van der Waals surface area contributed by atoms with E-state index in [2.05, 4.69) is 59.2 Å². The summed E-state index contributed by atoms with van der Waals surface area (Å²) in [6.45, 7) is 0. The van der Waals surface area contributed by atoms with E-state index < -0.39 is 16.7 Å². The van der Waals surface area contributed by atoms with Crippen molar-refractivity contribution in [2.24, 2.45) is 5.92 Å². The van der Waals surface area contributed by atoms with E-state index in [4.69, 9.17) is 17.6 Å². The van der Waals surface area contributed by atoms with Crippen molar-refractivity contribution in [3.8, 4) is 72.1 Å². The molecule has 0 bridgehead atoms. The van der Waals surface area contributed by atoms with Gasteiger partial charge >= 0.3 is 5.30 Å². The Labute approximate surface area is 191 Å². The summed E-state index contributed by atoms with van der Waals surface area (Å²) in [6.07, 6.45) is 10.4. The number of cyclic esters (lactones) is 1. The maximum Gasteiger partial charge on any atom is 0.370 e. The number of thioether (sulfide) groups is 4. The van der Waals surface area contributed by atoms with Crippen LogP contribution in [0, 0.1) is 78.0 Å². The number of terminal acetylenes is 2. The molecule has 0 radical (unpaired) electrons. The summed E-state index contributed by atoms with van der Waals surface area (Å²) in [5, 5.41) is -1.80. The molecule has 146 valence electrons. The lowest BCUT2D eigenvalue weighted by Gasteiger charge is -2.02. The van der Waals surface area contributed by atoms with E-state index in [0.29, 0.717) is 6.42 Å². The number of hydrogen-bond donors (Lipinski definition) is 0. The Hall–Kier alpha value is -2.43. The number of carbonyl (C=O) groups excluding carboxylic acids is 3. The van der Waals surface area contributed by atoms with Crippen LogP contribution in [0.5, 0.6) is 0 Å². The quantitative estimate of drug-likeness (QED) is 0.399. The lowest BCUT2D eigenvalue weighted by atomic mass is 10.0. The summed E-state index contributed by atoms with van der Waals surface area (Å²) in [4.78, 5) is 34.5. The molecule has 4 nitrogen and oxygen atoms in total. The molecule has 0 aromatic rings. The van der Waals surface area contributed by atoms with Gasteiger partial charge in [-0.05, 0) is 41.4 Å². The van der Waals surface area contributed by atoms with Crippen molar-refractivity contribution in [3.63, 3.8) is 0 Å². The fourth-order valence-electron chi connectivity index (χ4n) is 2.44. The van der Waals surface area contributed by atoms with Crippen LogP contribution in [0.1, 0.15) is 6.42 Å². The molecule has 3 saturated heterocycles. The van der Waals surface area contributed by atoms with Crippen LogP contribution in [-0.4, -0.2) is 42.0 Å². The Morgan fingerprint density at radius 1 is 0.733 bits per heavy atom. The minimum Gasteiger partial charge on any atom is -0.439 e. The van der Waals surface area contributed by atoms with Gasteiger partial charge in [0.25, 0.3) is 0 Å². The highest BCUT2D eigenvalue weighted by atomic mass is 32.2. The summed E-state index contributed by atoms with van der Waals surface area (Å²) in [5.41, 5.74) is 0. The molecule has 6 atom stereocenters. The zero-order valence-corrected chi connectivity index (χ0v) is 18.4. The molecule has 3 aliphatic heterocycles. The van der Waals surface area contributed by atoms with Crippen molar-refractivity contribution < 1.29 is 19.1 Å². The van der Waals surface area contributed by atoms with Crippen molar-refractivity contribution in [3.05, 3.63) is 0 Å². The number of hydrogen-bond acceptors (Lipinski definition) is 8. The molecular formula is C22H10O4S4. The monoisotopic (exact) mass is 466 g/mol. The van der Waals surface area contributed by atoms with Gasteiger partial charge in [0, 0.05) is 6.42 Å². The van der Waals surface area contributed by atoms with E-state index in [1.54, 1.807) is 0 Å². The summed E-state index contributed by atoms with van der Waals surface area (Å²) < 4.78 is 5.09. The van der Waals surface area contributed by atoms with E-state index >= 15 is 0 Å². The third-order valence-electron chi connectivity index (χ3n) is 3.81. The molecule has 3 aliphatic rings. The molecule has 0 spiro atoms. The summed E-state index contributed by atoms with van der Waals surface area (Å²) in [6, 6.07) is 0. The molecule has 0 aromatic heterocycles. The maximum absolute atomic E-state index is 11.6. The van der Waals surface area contributed by atoms with Gasteiger partial charge in [-0.1, -0.05) is 64.9 Å². The van der Waals surface area contributed by atoms with Gasteiger partial charge in [0.15, 0.2) is 11.2 Å². The van der Waals surface area contributed by atoms with Crippen molar-refractivity contribution in [1.82, 2.24) is 0 Å². The van der Waals surface area contributed by atoms with Crippen molar-refractivity contribution in [1.29, 1.82) is 0 Å². The molecule has 0 N–H and O–H groups in total. The van der Waals surface area contributed by atoms with E-state index in [1.807, 2.05) is 0 Å². The van der Waals surface area contributed by atoms with Gasteiger partial charge in [0.1, 0.15) is 5.25 Å². The van der Waals surface area contributed by atoms with E-state index in [-0.39, 0.29) is 31.2 Å². The first-order valence-corrected chi connectivity index (χ1v) is 11.9. The molecule has 8 heteroatoms. The second kappa shape index (κ2) is 10.6. The zero-order valence-electron chi connectivity index (χ0n) is 15.1. The van der Waals surface area contributed by atoms with E-state index in [9.17, 15) is 14.4 Å². The molecule has 0 saturated carbocycles. The molecule has 3 heterocycles. The number of ether oxygens (including phenoxy) is 1. The first-order chi connectivity index (χ1) is 14.5. The minimum atomic E-state index is -0.733. The third kappa shape index (κ3) is 5.80. The topological polar surface area (TPSA) is 60.4 Å². The van der Waals surface area contributed by atoms with Gasteiger partial charge in [0.2, 0.25) is 4.45 Å². The van der Waals surface area contributed by atoms with Crippen LogP contribution < -0.4 is 0 Å². The molecule has 3 fully saturated rings. The van der Waals surface area contributed by atoms with Crippen LogP contribution in [0.4, 0.5) is 9.59 Å². The molecule has 3 rings (SSSR count). The Morgan fingerprint density at radius 2 is 1.37 bits per heavy atom. The van der Waals surface area contributed by atoms with Gasteiger partial charge in [0.05, 0.1) is 21.7 Å². The Balaban J connectivity index is 1.63. The van der Waals surface area contributed by atoms with Gasteiger partial charge in [-0.15, -0.1) is 12.8 Å². The van der Waals surface area contributed by atoms with Crippen LogP contribution in [0.2, 0.25) is 0 Å². The van der Waals surface area contributed by atoms with Crippen molar-refractivity contribution in [2.45, 2.75) is 33.5 Å². The maximum atomic E-state index is 11.6. The average molecular weight is 467 g/mol. The van der Waals surface area contributed by atoms with Crippen LogP contribution in [0.15, 0.2) is 0 Å². The number of carbonyl (C=O) groups is 3. The van der Waals surface area contributed by atoms with Gasteiger partial charge < -0.3 is 4.74 Å². The standard InChI is InChI=1S/C22H10O4S4/c1-3-16-14(13-20(23)27-16)9-5-7-11-18-15(26-21(24)28-18)10-6-8-12-19-17(4-2)29-22(25)30-19/h1-2,14-19H,13H2. The Kier molecular flexibility index (Phi) is 7.83. The first-order valence-electron chi connectivity index (χ1n) is 8.38. The van der Waals surface area contributed by atoms with E-state index in [1.165, 1.54) is 0 Å². The van der Waals surface area contributed by atoms with Gasteiger partial charge in [-0.25, -0.2) is 4.79 Å². The molecule has 0 amide bonds. The fourth-order valence-corrected chi connectivity index (χ4v) is 6.30. The predicted octanol–water partition coefficient (Wildman–Crippen LogP) is 2.87. The highest BCUT2D eigenvalue weighted by Crippen LogP contribution is 2.38. The second-order valence-corrected chi connectivity index (χ2v) is 10.5. The van der Waals surface area contributed by atoms with Gasteiger partial charge in [-0.2, -0.15) is 0 Å². The fraction of sp³-hybridized carbons (Fsp3) is 0.318. The zero-order chi connectivity index (χ0) is 21.5. The highest BCUT2D eigenvalue weighted by molar-refractivity contribution is 8.42. The minimum absolute atomic E-state index is 0.0273. The lowest BCUT2D eigenvalue weighted by Crippen LogP contribution is -2.15. The normalized spacial score (nSPS) is 31.3. The van der Waals surface area contributed by atoms with Crippen LogP contribution in [0.3, 0.4) is 0 Å². The third-order valence-corrected chi connectivity index (χ3v) is 8.30. The molecule has 0 aliphatic carbocycles. The van der Waals surface area contributed by atoms with E-state index in [0.717, 1.165) is 47.0 Å². The molecular weight excluding hydrogens is 457 g/mol. The summed E-state index contributed by atoms with van der Waals surface area (Å²) >= 11 is 4.22. The summed E-state index contributed by atoms with van der Waals surface area (Å²) in [5.74, 6) is 27.0. The molecule has 6 unspecified atom stereocenters. The Bertz CT molecular complexity index is 1030. The molecule has 0 aromatic carbocycles. The second-order valence-electron chi connectivity index (χ2n) is 5.79. The number of rotatable bonds is 0. The Morgan fingerprint density at radius 3 is 2.10 bits per heavy atom. The summed E-state index contributed by atoms with van der Waals surface area (Å²) in [7, 11) is 0. The highest BCUT2D eigenvalue weighted by Gasteiger charge is 2.34. The molecule has 30 heavy (non-hydrogen) atoms.